The molecule has 0 fully saturated rings. The molecule has 0 aliphatic carbocycles. The molecule has 2 N–H and O–H groups in total. The average Bonchev–Trinajstić information content (AvgIpc) is 2.49. The van der Waals surface area contributed by atoms with Crippen LogP contribution in [0.2, 0.25) is 0 Å². The number of hydrogen-bond acceptors (Lipinski definition) is 3. The zero-order valence-corrected chi connectivity index (χ0v) is 13.7. The molecule has 4 heteroatoms. The first-order valence-electron chi connectivity index (χ1n) is 8.01. The Hall–Kier alpha value is -2.36. The maximum atomic E-state index is 10.7. The minimum atomic E-state index is -0.357. The molecule has 4 nitrogen and oxygen atoms in total. The summed E-state index contributed by atoms with van der Waals surface area (Å²) in [4.78, 5) is 10.4. The highest BCUT2D eigenvalue weighted by Crippen LogP contribution is 2.23. The van der Waals surface area contributed by atoms with E-state index in [-0.39, 0.29) is 10.6 Å². The summed E-state index contributed by atoms with van der Waals surface area (Å²) in [7, 11) is 0. The van der Waals surface area contributed by atoms with Gasteiger partial charge in [-0.2, -0.15) is 0 Å². The smallest absolute Gasteiger partial charge is 0.269 e. The Morgan fingerprint density at radius 2 is 1.43 bits per heavy atom. The van der Waals surface area contributed by atoms with Crippen molar-refractivity contribution in [1.29, 1.82) is 0 Å². The Kier molecular flexibility index (Phi) is 5.74. The highest BCUT2D eigenvalue weighted by atomic mass is 16.6. The van der Waals surface area contributed by atoms with Crippen molar-refractivity contribution in [2.75, 3.05) is 5.73 Å². The van der Waals surface area contributed by atoms with Gasteiger partial charge in [0.1, 0.15) is 0 Å². The number of benzene rings is 2. The topological polar surface area (TPSA) is 69.2 Å². The predicted molar refractivity (Wildman–Crippen MR) is 94.3 cm³/mol. The Bertz CT molecular complexity index is 633. The number of rotatable bonds is 7. The number of nitro groups is 1. The summed E-state index contributed by atoms with van der Waals surface area (Å²) in [5.74, 6) is 1.13. The van der Waals surface area contributed by atoms with Gasteiger partial charge < -0.3 is 5.73 Å². The van der Waals surface area contributed by atoms with E-state index in [9.17, 15) is 10.1 Å². The summed E-state index contributed by atoms with van der Waals surface area (Å²) in [6.45, 7) is 4.46. The molecule has 2 aromatic carbocycles. The third-order valence-electron chi connectivity index (χ3n) is 3.98. The summed E-state index contributed by atoms with van der Waals surface area (Å²) in [6.07, 6.45) is 3.05. The van der Waals surface area contributed by atoms with E-state index in [1.807, 2.05) is 24.3 Å². The second-order valence-corrected chi connectivity index (χ2v) is 6.57. The molecule has 0 bridgehead atoms. The number of nitro benzene ring substituents is 1. The number of non-ortho nitro benzene ring substituents is 1. The second-order valence-electron chi connectivity index (χ2n) is 6.57. The molecular formula is C19H24N2O2. The third kappa shape index (κ3) is 5.40. The zero-order valence-electron chi connectivity index (χ0n) is 13.7. The molecule has 0 aromatic heterocycles. The van der Waals surface area contributed by atoms with Crippen molar-refractivity contribution in [2.45, 2.75) is 33.1 Å². The Morgan fingerprint density at radius 1 is 0.957 bits per heavy atom. The van der Waals surface area contributed by atoms with E-state index < -0.39 is 0 Å². The summed E-state index contributed by atoms with van der Waals surface area (Å²) in [5, 5.41) is 10.7. The molecule has 0 radical (unpaired) electrons. The van der Waals surface area contributed by atoms with E-state index in [1.54, 1.807) is 12.1 Å². The van der Waals surface area contributed by atoms with Crippen molar-refractivity contribution in [3.05, 3.63) is 69.8 Å². The lowest BCUT2D eigenvalue weighted by atomic mass is 9.86. The van der Waals surface area contributed by atoms with Gasteiger partial charge in [-0.05, 0) is 54.4 Å². The summed E-state index contributed by atoms with van der Waals surface area (Å²) in [6, 6.07) is 15.0. The van der Waals surface area contributed by atoms with Gasteiger partial charge in [0.25, 0.3) is 5.69 Å². The van der Waals surface area contributed by atoms with Crippen LogP contribution in [-0.4, -0.2) is 4.92 Å². The van der Waals surface area contributed by atoms with E-state index in [2.05, 4.69) is 26.0 Å². The maximum absolute atomic E-state index is 10.7. The van der Waals surface area contributed by atoms with Gasteiger partial charge in [0.2, 0.25) is 0 Å². The fourth-order valence-electron chi connectivity index (χ4n) is 2.98. The van der Waals surface area contributed by atoms with Crippen LogP contribution < -0.4 is 5.73 Å². The van der Waals surface area contributed by atoms with Crippen LogP contribution in [0.3, 0.4) is 0 Å². The lowest BCUT2D eigenvalue weighted by Gasteiger charge is -2.19. The Morgan fingerprint density at radius 3 is 1.87 bits per heavy atom. The quantitative estimate of drug-likeness (QED) is 0.460. The molecule has 0 aliphatic heterocycles. The maximum Gasteiger partial charge on any atom is 0.269 e. The van der Waals surface area contributed by atoms with Gasteiger partial charge in [-0.15, -0.1) is 0 Å². The van der Waals surface area contributed by atoms with Crippen LogP contribution in [0.1, 0.15) is 31.4 Å². The van der Waals surface area contributed by atoms with Gasteiger partial charge >= 0.3 is 0 Å². The predicted octanol–water partition coefficient (Wildman–Crippen LogP) is 4.62. The van der Waals surface area contributed by atoms with Crippen LogP contribution in [0.5, 0.6) is 0 Å². The van der Waals surface area contributed by atoms with Crippen molar-refractivity contribution in [3.63, 3.8) is 0 Å². The number of anilines is 1. The number of nitrogens with zero attached hydrogens (tertiary/aromatic N) is 1. The molecule has 0 saturated carbocycles. The third-order valence-corrected chi connectivity index (χ3v) is 3.98. The Balaban J connectivity index is 2.08. The molecule has 1 atom stereocenters. The lowest BCUT2D eigenvalue weighted by Crippen LogP contribution is -2.11. The number of hydrogen-bond donors (Lipinski definition) is 1. The zero-order chi connectivity index (χ0) is 16.8. The van der Waals surface area contributed by atoms with E-state index in [0.717, 1.165) is 30.5 Å². The van der Waals surface area contributed by atoms with Crippen molar-refractivity contribution in [3.8, 4) is 0 Å². The molecular weight excluding hydrogens is 288 g/mol. The molecule has 0 aliphatic rings. The average molecular weight is 312 g/mol. The van der Waals surface area contributed by atoms with Gasteiger partial charge in [0.15, 0.2) is 0 Å². The minimum Gasteiger partial charge on any atom is -0.399 e. The highest BCUT2D eigenvalue weighted by molar-refractivity contribution is 5.39. The van der Waals surface area contributed by atoms with Gasteiger partial charge in [0, 0.05) is 17.8 Å². The van der Waals surface area contributed by atoms with Crippen LogP contribution >= 0.6 is 0 Å². The molecule has 1 unspecified atom stereocenters. The van der Waals surface area contributed by atoms with Crippen molar-refractivity contribution in [2.24, 2.45) is 11.8 Å². The molecule has 23 heavy (non-hydrogen) atoms. The monoisotopic (exact) mass is 312 g/mol. The van der Waals surface area contributed by atoms with Crippen LogP contribution in [0.25, 0.3) is 0 Å². The first-order chi connectivity index (χ1) is 10.9. The van der Waals surface area contributed by atoms with E-state index in [0.29, 0.717) is 11.8 Å². The fourth-order valence-corrected chi connectivity index (χ4v) is 2.98. The van der Waals surface area contributed by atoms with Gasteiger partial charge in [-0.25, -0.2) is 0 Å². The van der Waals surface area contributed by atoms with E-state index in [4.69, 9.17) is 5.73 Å². The van der Waals surface area contributed by atoms with Crippen LogP contribution in [0.4, 0.5) is 11.4 Å². The molecule has 122 valence electrons. The summed E-state index contributed by atoms with van der Waals surface area (Å²) < 4.78 is 0. The first-order valence-corrected chi connectivity index (χ1v) is 8.01. The molecule has 2 aromatic rings. The lowest BCUT2D eigenvalue weighted by molar-refractivity contribution is -0.384. The largest absolute Gasteiger partial charge is 0.399 e. The Labute approximate surface area is 137 Å². The van der Waals surface area contributed by atoms with Gasteiger partial charge in [-0.3, -0.25) is 10.1 Å². The molecule has 0 heterocycles. The van der Waals surface area contributed by atoms with Crippen molar-refractivity contribution in [1.82, 2.24) is 0 Å². The molecule has 0 amide bonds. The van der Waals surface area contributed by atoms with Crippen LogP contribution in [-0.2, 0) is 12.8 Å². The normalized spacial score (nSPS) is 12.3. The summed E-state index contributed by atoms with van der Waals surface area (Å²) in [5.41, 5.74) is 9.11. The van der Waals surface area contributed by atoms with E-state index >= 15 is 0 Å². The number of nitrogens with two attached hydrogens (primary N) is 1. The first kappa shape index (κ1) is 17.0. The van der Waals surface area contributed by atoms with Crippen molar-refractivity contribution < 1.29 is 4.92 Å². The summed E-state index contributed by atoms with van der Waals surface area (Å²) >= 11 is 0. The highest BCUT2D eigenvalue weighted by Gasteiger charge is 2.14. The second kappa shape index (κ2) is 7.77. The van der Waals surface area contributed by atoms with Crippen LogP contribution in [0, 0.1) is 22.0 Å². The van der Waals surface area contributed by atoms with Gasteiger partial charge in [-0.1, -0.05) is 38.1 Å². The molecule has 0 saturated heterocycles. The van der Waals surface area contributed by atoms with Crippen LogP contribution in [0.15, 0.2) is 48.5 Å². The van der Waals surface area contributed by atoms with E-state index in [1.165, 1.54) is 5.56 Å². The number of nitrogen functional groups attached to an aromatic ring is 1. The fraction of sp³-hybridized carbons (Fsp3) is 0.368. The SMILES string of the molecule is CC(C)CC(Cc1ccc(N)cc1)Cc1ccc([N+](=O)[O-])cc1. The molecule has 0 spiro atoms. The van der Waals surface area contributed by atoms with Gasteiger partial charge in [0.05, 0.1) is 4.92 Å². The standard InChI is InChI=1S/C19H24N2O2/c1-14(2)11-17(12-15-3-7-18(20)8-4-15)13-16-5-9-19(10-6-16)21(22)23/h3-10,14,17H,11-13,20H2,1-2H3. The minimum absolute atomic E-state index is 0.146. The van der Waals surface area contributed by atoms with Crippen molar-refractivity contribution >= 4 is 11.4 Å². The molecule has 2 rings (SSSR count).